The topological polar surface area (TPSA) is 106 Å². The summed E-state index contributed by atoms with van der Waals surface area (Å²) in [5.41, 5.74) is 0.143. The van der Waals surface area contributed by atoms with Gasteiger partial charge in [0.2, 0.25) is 5.75 Å². The lowest BCUT2D eigenvalue weighted by Crippen LogP contribution is -1.94. The summed E-state index contributed by atoms with van der Waals surface area (Å²) in [5.74, 6) is -0.345. The zero-order valence-electron chi connectivity index (χ0n) is 8.76. The van der Waals surface area contributed by atoms with E-state index >= 15 is 0 Å². The lowest BCUT2D eigenvalue weighted by atomic mass is 10.2. The number of hydrogen-bond donors (Lipinski definition) is 1. The van der Waals surface area contributed by atoms with E-state index in [1.54, 1.807) is 6.07 Å². The van der Waals surface area contributed by atoms with Crippen LogP contribution < -0.4 is 0 Å². The summed E-state index contributed by atoms with van der Waals surface area (Å²) in [5, 5.41) is 31.3. The molecular formula is C9H6IN5O3. The lowest BCUT2D eigenvalue weighted by molar-refractivity contribution is -0.386. The number of hydrogen-bond acceptors (Lipinski definition) is 6. The van der Waals surface area contributed by atoms with Crippen molar-refractivity contribution in [3.05, 3.63) is 44.0 Å². The smallest absolute Gasteiger partial charge is 0.312 e. The number of benzene rings is 1. The molecule has 0 fully saturated rings. The van der Waals surface area contributed by atoms with Crippen LogP contribution in [0.1, 0.15) is 5.56 Å². The predicted octanol–water partition coefficient (Wildman–Crippen LogP) is 1.38. The molecule has 1 aromatic heterocycles. The summed E-state index contributed by atoms with van der Waals surface area (Å²) >= 11 is 1.81. The summed E-state index contributed by atoms with van der Waals surface area (Å²) in [6, 6.07) is 2.82. The Morgan fingerprint density at radius 2 is 2.11 bits per heavy atom. The fraction of sp³-hybridized carbons (Fsp3) is 0. The van der Waals surface area contributed by atoms with E-state index in [-0.39, 0.29) is 11.4 Å². The van der Waals surface area contributed by atoms with Crippen molar-refractivity contribution in [3.8, 4) is 5.75 Å². The molecule has 0 aliphatic rings. The van der Waals surface area contributed by atoms with E-state index in [0.717, 1.165) is 0 Å². The van der Waals surface area contributed by atoms with Crippen LogP contribution in [0.5, 0.6) is 5.75 Å². The van der Waals surface area contributed by atoms with Gasteiger partial charge in [-0.25, -0.2) is 4.68 Å². The molecule has 0 aliphatic carbocycles. The van der Waals surface area contributed by atoms with Crippen LogP contribution in [0, 0.1) is 13.7 Å². The Balaban J connectivity index is 2.37. The molecule has 0 aliphatic heterocycles. The minimum absolute atomic E-state index is 0.345. The Bertz CT molecular complexity index is 611. The Morgan fingerprint density at radius 3 is 2.72 bits per heavy atom. The lowest BCUT2D eigenvalue weighted by Gasteiger charge is -2.00. The number of nitro groups is 1. The van der Waals surface area contributed by atoms with Gasteiger partial charge in [-0.2, -0.15) is 5.10 Å². The van der Waals surface area contributed by atoms with Crippen molar-refractivity contribution >= 4 is 34.5 Å². The van der Waals surface area contributed by atoms with E-state index in [1.165, 1.54) is 29.6 Å². The van der Waals surface area contributed by atoms with E-state index in [4.69, 9.17) is 0 Å². The predicted molar refractivity (Wildman–Crippen MR) is 70.5 cm³/mol. The third kappa shape index (κ3) is 2.61. The molecule has 0 atom stereocenters. The second-order valence-corrected chi connectivity index (χ2v) is 4.38. The van der Waals surface area contributed by atoms with Crippen LogP contribution in [-0.2, 0) is 0 Å². The third-order valence-electron chi connectivity index (χ3n) is 2.01. The SMILES string of the molecule is O=[N+]([O-])c1cc(/C=N\n2cnnc2)cc(I)c1O. The van der Waals surface area contributed by atoms with Gasteiger partial charge in [0.05, 0.1) is 14.7 Å². The fourth-order valence-corrected chi connectivity index (χ4v) is 1.84. The molecule has 0 amide bonds. The van der Waals surface area contributed by atoms with Crippen molar-refractivity contribution in [2.24, 2.45) is 5.10 Å². The molecule has 0 bridgehead atoms. The van der Waals surface area contributed by atoms with Gasteiger partial charge in [-0.15, -0.1) is 10.2 Å². The van der Waals surface area contributed by atoms with Gasteiger partial charge >= 0.3 is 5.69 Å². The average molecular weight is 359 g/mol. The molecule has 2 rings (SSSR count). The van der Waals surface area contributed by atoms with Gasteiger partial charge in [0.1, 0.15) is 12.7 Å². The molecule has 0 radical (unpaired) electrons. The standard InChI is InChI=1S/C9H6IN5O3/c10-7-1-6(2-8(9(7)16)15(17)18)3-13-14-4-11-12-5-14/h1-5,16H/b13-3-. The summed E-state index contributed by atoms with van der Waals surface area (Å²) in [6.45, 7) is 0. The average Bonchev–Trinajstić information content (AvgIpc) is 2.83. The number of aromatic hydroxyl groups is 1. The van der Waals surface area contributed by atoms with Crippen molar-refractivity contribution in [1.82, 2.24) is 14.9 Å². The van der Waals surface area contributed by atoms with Crippen LogP contribution >= 0.6 is 22.6 Å². The Morgan fingerprint density at radius 1 is 1.44 bits per heavy atom. The molecule has 92 valence electrons. The number of nitrogens with zero attached hydrogens (tertiary/aromatic N) is 5. The highest BCUT2D eigenvalue weighted by Crippen LogP contribution is 2.31. The van der Waals surface area contributed by atoms with Crippen LogP contribution in [0.15, 0.2) is 29.9 Å². The van der Waals surface area contributed by atoms with Crippen molar-refractivity contribution in [1.29, 1.82) is 0 Å². The molecule has 0 saturated carbocycles. The summed E-state index contributed by atoms with van der Waals surface area (Å²) in [4.78, 5) is 10.1. The normalized spacial score (nSPS) is 10.9. The number of nitro benzene ring substituents is 1. The summed E-state index contributed by atoms with van der Waals surface area (Å²) in [6.07, 6.45) is 4.19. The first-order chi connectivity index (χ1) is 8.58. The molecule has 9 heteroatoms. The molecule has 0 spiro atoms. The molecule has 8 nitrogen and oxygen atoms in total. The molecule has 18 heavy (non-hydrogen) atoms. The van der Waals surface area contributed by atoms with Crippen molar-refractivity contribution < 1.29 is 10.0 Å². The van der Waals surface area contributed by atoms with Crippen LogP contribution in [0.3, 0.4) is 0 Å². The number of rotatable bonds is 3. The molecule has 1 heterocycles. The zero-order valence-corrected chi connectivity index (χ0v) is 10.9. The monoisotopic (exact) mass is 359 g/mol. The van der Waals surface area contributed by atoms with Crippen LogP contribution in [0.25, 0.3) is 0 Å². The van der Waals surface area contributed by atoms with Crippen molar-refractivity contribution in [3.63, 3.8) is 0 Å². The number of phenolic OH excluding ortho intramolecular Hbond substituents is 1. The van der Waals surface area contributed by atoms with Crippen LogP contribution in [0.4, 0.5) is 5.69 Å². The molecule has 0 saturated heterocycles. The maximum absolute atomic E-state index is 10.7. The first-order valence-corrected chi connectivity index (χ1v) is 5.71. The fourth-order valence-electron chi connectivity index (χ4n) is 1.21. The molecule has 0 unspecified atom stereocenters. The molecule has 1 aromatic carbocycles. The largest absolute Gasteiger partial charge is 0.501 e. The molecule has 1 N–H and O–H groups in total. The van der Waals surface area contributed by atoms with Gasteiger partial charge in [0.25, 0.3) is 0 Å². The second-order valence-electron chi connectivity index (χ2n) is 3.21. The van der Waals surface area contributed by atoms with Crippen LogP contribution in [0.2, 0.25) is 0 Å². The highest BCUT2D eigenvalue weighted by molar-refractivity contribution is 14.1. The van der Waals surface area contributed by atoms with Crippen molar-refractivity contribution in [2.75, 3.05) is 0 Å². The number of phenols is 1. The minimum Gasteiger partial charge on any atom is -0.501 e. The van der Waals surface area contributed by atoms with Crippen molar-refractivity contribution in [2.45, 2.75) is 0 Å². The number of aromatic nitrogens is 3. The zero-order chi connectivity index (χ0) is 13.1. The van der Waals surface area contributed by atoms with Crippen LogP contribution in [-0.4, -0.2) is 31.1 Å². The maximum atomic E-state index is 10.7. The Kier molecular flexibility index (Phi) is 3.50. The van der Waals surface area contributed by atoms with E-state index in [9.17, 15) is 15.2 Å². The Labute approximate surface area is 114 Å². The second kappa shape index (κ2) is 5.08. The third-order valence-corrected chi connectivity index (χ3v) is 2.83. The first-order valence-electron chi connectivity index (χ1n) is 4.64. The molecular weight excluding hydrogens is 353 g/mol. The number of halogens is 1. The van der Waals surface area contributed by atoms with E-state index in [0.29, 0.717) is 9.13 Å². The quantitative estimate of drug-likeness (QED) is 0.386. The van der Waals surface area contributed by atoms with Gasteiger partial charge < -0.3 is 5.11 Å². The maximum Gasteiger partial charge on any atom is 0.312 e. The van der Waals surface area contributed by atoms with E-state index < -0.39 is 4.92 Å². The van der Waals surface area contributed by atoms with Gasteiger partial charge in [-0.3, -0.25) is 10.1 Å². The highest BCUT2D eigenvalue weighted by atomic mass is 127. The summed E-state index contributed by atoms with van der Waals surface area (Å²) < 4.78 is 1.73. The van der Waals surface area contributed by atoms with Gasteiger partial charge in [-0.1, -0.05) is 0 Å². The summed E-state index contributed by atoms with van der Waals surface area (Å²) in [7, 11) is 0. The Hall–Kier alpha value is -2.04. The van der Waals surface area contributed by atoms with Gasteiger partial charge in [0.15, 0.2) is 0 Å². The van der Waals surface area contributed by atoms with Gasteiger partial charge in [0, 0.05) is 11.6 Å². The van der Waals surface area contributed by atoms with E-state index in [1.807, 2.05) is 22.6 Å². The highest BCUT2D eigenvalue weighted by Gasteiger charge is 2.17. The first kappa shape index (κ1) is 12.4. The van der Waals surface area contributed by atoms with Gasteiger partial charge in [-0.05, 0) is 28.7 Å². The minimum atomic E-state index is -0.645. The van der Waals surface area contributed by atoms with E-state index in [2.05, 4.69) is 15.3 Å². The molecule has 2 aromatic rings.